The van der Waals surface area contributed by atoms with Crippen LogP contribution in [0.25, 0.3) is 0 Å². The maximum atomic E-state index is 13.0. The molecule has 0 N–H and O–H groups in total. The first-order chi connectivity index (χ1) is 15.8. The van der Waals surface area contributed by atoms with E-state index in [2.05, 4.69) is 5.16 Å². The molecular formula is C23H27N3O6S. The number of sulfonamides is 1. The third-order valence-electron chi connectivity index (χ3n) is 5.70. The number of piperazine rings is 1. The number of rotatable bonds is 7. The average Bonchev–Trinajstić information content (AvgIpc) is 3.41. The number of aromatic nitrogens is 1. The van der Waals surface area contributed by atoms with Crippen LogP contribution < -0.4 is 4.74 Å². The Morgan fingerprint density at radius 3 is 2.36 bits per heavy atom. The van der Waals surface area contributed by atoms with E-state index in [9.17, 15) is 13.2 Å². The Morgan fingerprint density at radius 1 is 1.06 bits per heavy atom. The molecule has 0 unspecified atom stereocenters. The Hall–Kier alpha value is -3.11. The second-order valence-electron chi connectivity index (χ2n) is 7.85. The van der Waals surface area contributed by atoms with Gasteiger partial charge in [-0.1, -0.05) is 5.16 Å². The van der Waals surface area contributed by atoms with Crippen molar-refractivity contribution < 1.29 is 26.9 Å². The first kappa shape index (κ1) is 23.1. The van der Waals surface area contributed by atoms with Crippen LogP contribution in [-0.4, -0.2) is 61.5 Å². The van der Waals surface area contributed by atoms with Crippen molar-refractivity contribution in [3.05, 3.63) is 64.9 Å². The van der Waals surface area contributed by atoms with E-state index in [0.717, 1.165) is 17.0 Å². The van der Waals surface area contributed by atoms with E-state index in [1.165, 1.54) is 4.31 Å². The maximum Gasteiger partial charge on any atom is 0.289 e. The first-order valence-electron chi connectivity index (χ1n) is 10.8. The van der Waals surface area contributed by atoms with Crippen LogP contribution in [0.3, 0.4) is 0 Å². The number of hydrogen-bond acceptors (Lipinski definition) is 7. The highest BCUT2D eigenvalue weighted by Crippen LogP contribution is 2.23. The van der Waals surface area contributed by atoms with Gasteiger partial charge in [0, 0.05) is 38.2 Å². The molecule has 9 nitrogen and oxygen atoms in total. The number of ether oxygens (including phenoxy) is 1. The van der Waals surface area contributed by atoms with Gasteiger partial charge in [0.05, 0.1) is 17.2 Å². The van der Waals surface area contributed by atoms with E-state index in [1.54, 1.807) is 41.3 Å². The summed E-state index contributed by atoms with van der Waals surface area (Å²) in [5.41, 5.74) is 1.73. The number of carbonyl (C=O) groups excluding carboxylic acids is 1. The molecule has 0 spiro atoms. The van der Waals surface area contributed by atoms with Gasteiger partial charge in [0.15, 0.2) is 5.76 Å². The van der Waals surface area contributed by atoms with Gasteiger partial charge in [0.2, 0.25) is 10.0 Å². The summed E-state index contributed by atoms with van der Waals surface area (Å²) in [6.45, 7) is 7.09. The summed E-state index contributed by atoms with van der Waals surface area (Å²) in [7, 11) is -3.64. The topological polar surface area (TPSA) is 106 Å². The second kappa shape index (κ2) is 9.40. The van der Waals surface area contributed by atoms with Crippen molar-refractivity contribution in [1.29, 1.82) is 0 Å². The zero-order valence-electron chi connectivity index (χ0n) is 18.9. The molecule has 1 saturated heterocycles. The van der Waals surface area contributed by atoms with Crippen LogP contribution in [0.5, 0.6) is 5.75 Å². The van der Waals surface area contributed by atoms with Crippen molar-refractivity contribution in [3.63, 3.8) is 0 Å². The van der Waals surface area contributed by atoms with E-state index in [4.69, 9.17) is 13.7 Å². The van der Waals surface area contributed by atoms with Gasteiger partial charge < -0.3 is 18.6 Å². The van der Waals surface area contributed by atoms with Crippen LogP contribution in [-0.2, 0) is 16.4 Å². The monoisotopic (exact) mass is 473 g/mol. The normalized spacial score (nSPS) is 15.1. The van der Waals surface area contributed by atoms with Crippen LogP contribution in [0, 0.1) is 13.8 Å². The summed E-state index contributed by atoms with van der Waals surface area (Å²) in [4.78, 5) is 14.7. The van der Waals surface area contributed by atoms with Gasteiger partial charge in [0.25, 0.3) is 5.91 Å². The molecule has 1 amide bonds. The summed E-state index contributed by atoms with van der Waals surface area (Å²) in [6, 6.07) is 9.80. The fourth-order valence-electron chi connectivity index (χ4n) is 3.83. The number of amides is 1. The number of carbonyl (C=O) groups is 1. The average molecular weight is 474 g/mol. The molecule has 0 radical (unpaired) electrons. The van der Waals surface area contributed by atoms with Crippen molar-refractivity contribution in [2.45, 2.75) is 32.1 Å². The van der Waals surface area contributed by atoms with Gasteiger partial charge in [-0.05, 0) is 57.2 Å². The summed E-state index contributed by atoms with van der Waals surface area (Å²) >= 11 is 0. The number of aryl methyl sites for hydroxylation is 2. The van der Waals surface area contributed by atoms with Crippen molar-refractivity contribution in [3.8, 4) is 5.75 Å². The van der Waals surface area contributed by atoms with Gasteiger partial charge >= 0.3 is 0 Å². The SMILES string of the molecule is CCOc1ccc(S(=O)(=O)N2CCN(C(=O)c3ccc(Cc4c(C)noc4C)o3)CC2)cc1. The van der Waals surface area contributed by atoms with E-state index in [-0.39, 0.29) is 42.7 Å². The standard InChI is InChI=1S/C23H27N3O6S/c1-4-30-18-5-8-20(9-6-18)33(28,29)26-13-11-25(12-14-26)23(27)22-10-7-19(31-22)15-21-16(2)24-32-17(21)3/h5-10H,4,11-15H2,1-3H3. The molecule has 3 heterocycles. The zero-order chi connectivity index (χ0) is 23.6. The Morgan fingerprint density at radius 2 is 1.76 bits per heavy atom. The molecule has 10 heteroatoms. The number of hydrogen-bond donors (Lipinski definition) is 0. The molecule has 0 saturated carbocycles. The van der Waals surface area contributed by atoms with E-state index < -0.39 is 10.0 Å². The molecule has 1 aliphatic heterocycles. The summed E-state index contributed by atoms with van der Waals surface area (Å²) in [5.74, 6) is 1.97. The molecule has 3 aromatic rings. The summed E-state index contributed by atoms with van der Waals surface area (Å²) < 4.78 is 43.6. The highest BCUT2D eigenvalue weighted by Gasteiger charge is 2.31. The lowest BCUT2D eigenvalue weighted by Gasteiger charge is -2.33. The zero-order valence-corrected chi connectivity index (χ0v) is 19.7. The molecule has 0 aliphatic carbocycles. The fraction of sp³-hybridized carbons (Fsp3) is 0.391. The van der Waals surface area contributed by atoms with Crippen LogP contribution in [0.2, 0.25) is 0 Å². The molecule has 2 aromatic heterocycles. The van der Waals surface area contributed by atoms with Crippen LogP contribution in [0.1, 0.15) is 40.3 Å². The lowest BCUT2D eigenvalue weighted by molar-refractivity contribution is 0.0664. The highest BCUT2D eigenvalue weighted by molar-refractivity contribution is 7.89. The highest BCUT2D eigenvalue weighted by atomic mass is 32.2. The Labute approximate surface area is 193 Å². The maximum absolute atomic E-state index is 13.0. The molecule has 1 aliphatic rings. The number of nitrogens with zero attached hydrogens (tertiary/aromatic N) is 3. The van der Waals surface area contributed by atoms with E-state index in [1.807, 2.05) is 20.8 Å². The van der Waals surface area contributed by atoms with Crippen LogP contribution >= 0.6 is 0 Å². The lowest BCUT2D eigenvalue weighted by Crippen LogP contribution is -2.50. The fourth-order valence-corrected chi connectivity index (χ4v) is 5.25. The van der Waals surface area contributed by atoms with E-state index >= 15 is 0 Å². The molecule has 1 fully saturated rings. The third kappa shape index (κ3) is 4.81. The summed E-state index contributed by atoms with van der Waals surface area (Å²) in [5, 5.41) is 3.94. The molecule has 0 atom stereocenters. The van der Waals surface area contributed by atoms with Crippen molar-refractivity contribution in [2.75, 3.05) is 32.8 Å². The van der Waals surface area contributed by atoms with Crippen LogP contribution in [0.15, 0.2) is 50.2 Å². The molecule has 0 bridgehead atoms. The molecule has 33 heavy (non-hydrogen) atoms. The Kier molecular flexibility index (Phi) is 6.57. The molecule has 1 aromatic carbocycles. The Balaban J connectivity index is 1.37. The predicted octanol–water partition coefficient (Wildman–Crippen LogP) is 3.02. The first-order valence-corrected chi connectivity index (χ1v) is 12.3. The molecule has 176 valence electrons. The predicted molar refractivity (Wildman–Crippen MR) is 120 cm³/mol. The van der Waals surface area contributed by atoms with Crippen molar-refractivity contribution in [2.24, 2.45) is 0 Å². The second-order valence-corrected chi connectivity index (χ2v) is 9.78. The molecular weight excluding hydrogens is 446 g/mol. The summed E-state index contributed by atoms with van der Waals surface area (Å²) in [6.07, 6.45) is 0.489. The largest absolute Gasteiger partial charge is 0.494 e. The van der Waals surface area contributed by atoms with Gasteiger partial charge in [-0.2, -0.15) is 4.31 Å². The minimum atomic E-state index is -3.64. The lowest BCUT2D eigenvalue weighted by atomic mass is 10.1. The third-order valence-corrected chi connectivity index (χ3v) is 7.62. The smallest absolute Gasteiger partial charge is 0.289 e. The minimum Gasteiger partial charge on any atom is -0.494 e. The molecule has 4 rings (SSSR count). The van der Waals surface area contributed by atoms with Crippen molar-refractivity contribution >= 4 is 15.9 Å². The van der Waals surface area contributed by atoms with E-state index in [0.29, 0.717) is 24.5 Å². The van der Waals surface area contributed by atoms with Crippen molar-refractivity contribution in [1.82, 2.24) is 14.4 Å². The van der Waals surface area contributed by atoms with Gasteiger partial charge in [0.1, 0.15) is 17.3 Å². The quantitative estimate of drug-likeness (QED) is 0.519. The Bertz CT molecular complexity index is 1200. The number of furan rings is 1. The van der Waals surface area contributed by atoms with Gasteiger partial charge in [-0.25, -0.2) is 8.42 Å². The minimum absolute atomic E-state index is 0.209. The van der Waals surface area contributed by atoms with Gasteiger partial charge in [-0.15, -0.1) is 0 Å². The number of benzene rings is 1. The van der Waals surface area contributed by atoms with Gasteiger partial charge in [-0.3, -0.25) is 4.79 Å². The van der Waals surface area contributed by atoms with Crippen LogP contribution in [0.4, 0.5) is 0 Å².